The van der Waals surface area contributed by atoms with Crippen molar-refractivity contribution >= 4 is 5.91 Å². The SMILES string of the molecule is O=C(Cn1cccc1-c1nc(-c2ccc3c(c2)OCO3)no1)NC1CCCC1. The van der Waals surface area contributed by atoms with Gasteiger partial charge in [-0.1, -0.05) is 18.0 Å². The lowest BCUT2D eigenvalue weighted by Gasteiger charge is -2.13. The van der Waals surface area contributed by atoms with Gasteiger partial charge in [0.2, 0.25) is 18.5 Å². The third kappa shape index (κ3) is 3.21. The Kier molecular flexibility index (Phi) is 4.23. The first-order valence-corrected chi connectivity index (χ1v) is 9.45. The van der Waals surface area contributed by atoms with Crippen molar-refractivity contribution in [3.8, 4) is 34.5 Å². The second-order valence-corrected chi connectivity index (χ2v) is 7.06. The average Bonchev–Trinajstić information content (AvgIpc) is 3.47. The molecule has 0 unspecified atom stereocenters. The molecule has 0 bridgehead atoms. The van der Waals surface area contributed by atoms with E-state index in [0.717, 1.165) is 18.4 Å². The minimum atomic E-state index is -0.000130. The average molecular weight is 380 g/mol. The molecule has 8 heteroatoms. The van der Waals surface area contributed by atoms with E-state index >= 15 is 0 Å². The van der Waals surface area contributed by atoms with Gasteiger partial charge in [-0.15, -0.1) is 0 Å². The monoisotopic (exact) mass is 380 g/mol. The lowest BCUT2D eigenvalue weighted by Crippen LogP contribution is -2.35. The lowest BCUT2D eigenvalue weighted by atomic mass is 10.2. The second-order valence-electron chi connectivity index (χ2n) is 7.06. The van der Waals surface area contributed by atoms with Crippen LogP contribution in [0.4, 0.5) is 0 Å². The molecule has 5 rings (SSSR count). The van der Waals surface area contributed by atoms with Crippen molar-refractivity contribution in [1.82, 2.24) is 20.0 Å². The van der Waals surface area contributed by atoms with E-state index in [9.17, 15) is 4.79 Å². The molecule has 3 heterocycles. The molecule has 1 fully saturated rings. The molecule has 0 saturated heterocycles. The zero-order valence-corrected chi connectivity index (χ0v) is 15.3. The first kappa shape index (κ1) is 16.9. The van der Waals surface area contributed by atoms with Crippen LogP contribution in [0.5, 0.6) is 11.5 Å². The Morgan fingerprint density at radius 3 is 2.93 bits per heavy atom. The van der Waals surface area contributed by atoms with Gasteiger partial charge in [0.15, 0.2) is 11.5 Å². The fourth-order valence-corrected chi connectivity index (χ4v) is 3.72. The van der Waals surface area contributed by atoms with E-state index in [2.05, 4.69) is 15.5 Å². The topological polar surface area (TPSA) is 91.4 Å². The summed E-state index contributed by atoms with van der Waals surface area (Å²) < 4.78 is 18.0. The number of ether oxygens (including phenoxy) is 2. The zero-order valence-electron chi connectivity index (χ0n) is 15.3. The number of carbonyl (C=O) groups excluding carboxylic acids is 1. The Bertz CT molecular complexity index is 1000. The Labute approximate surface area is 161 Å². The number of fused-ring (bicyclic) bond motifs is 1. The summed E-state index contributed by atoms with van der Waals surface area (Å²) in [6.07, 6.45) is 6.34. The summed E-state index contributed by atoms with van der Waals surface area (Å²) in [7, 11) is 0. The maximum atomic E-state index is 12.4. The van der Waals surface area contributed by atoms with Gasteiger partial charge >= 0.3 is 0 Å². The number of nitrogens with one attached hydrogen (secondary N) is 1. The predicted molar refractivity (Wildman–Crippen MR) is 99.7 cm³/mol. The fourth-order valence-electron chi connectivity index (χ4n) is 3.72. The summed E-state index contributed by atoms with van der Waals surface area (Å²) in [5, 5.41) is 7.17. The number of hydrogen-bond donors (Lipinski definition) is 1. The third-order valence-corrected chi connectivity index (χ3v) is 5.14. The summed E-state index contributed by atoms with van der Waals surface area (Å²) in [4.78, 5) is 16.9. The standard InChI is InChI=1S/C20H20N4O4/c25-18(21-14-4-1-2-5-14)11-24-9-3-6-15(24)20-22-19(23-28-20)13-7-8-16-17(10-13)27-12-26-16/h3,6-10,14H,1-2,4-5,11-12H2,(H,21,25). The first-order valence-electron chi connectivity index (χ1n) is 9.45. The Morgan fingerprint density at radius 1 is 1.18 bits per heavy atom. The summed E-state index contributed by atoms with van der Waals surface area (Å²) in [6, 6.07) is 9.53. The number of rotatable bonds is 5. The molecule has 0 radical (unpaired) electrons. The molecule has 1 amide bonds. The van der Waals surface area contributed by atoms with Crippen LogP contribution in [0.3, 0.4) is 0 Å². The molecule has 28 heavy (non-hydrogen) atoms. The number of carbonyl (C=O) groups is 1. The number of aromatic nitrogens is 3. The van der Waals surface area contributed by atoms with E-state index in [1.165, 1.54) is 12.8 Å². The summed E-state index contributed by atoms with van der Waals surface area (Å²) in [6.45, 7) is 0.438. The fraction of sp³-hybridized carbons (Fsp3) is 0.350. The number of hydrogen-bond acceptors (Lipinski definition) is 6. The maximum absolute atomic E-state index is 12.4. The normalized spacial score (nSPS) is 15.9. The van der Waals surface area contributed by atoms with E-state index in [4.69, 9.17) is 14.0 Å². The van der Waals surface area contributed by atoms with E-state index in [-0.39, 0.29) is 19.2 Å². The van der Waals surface area contributed by atoms with Crippen LogP contribution in [0.25, 0.3) is 23.0 Å². The first-order chi connectivity index (χ1) is 13.8. The maximum Gasteiger partial charge on any atom is 0.274 e. The van der Waals surface area contributed by atoms with Crippen LogP contribution in [0.1, 0.15) is 25.7 Å². The van der Waals surface area contributed by atoms with Crippen LogP contribution >= 0.6 is 0 Å². The Balaban J connectivity index is 1.33. The van der Waals surface area contributed by atoms with Crippen LogP contribution in [-0.2, 0) is 11.3 Å². The van der Waals surface area contributed by atoms with Gasteiger partial charge in [0, 0.05) is 17.8 Å². The molecule has 2 aromatic heterocycles. The quantitative estimate of drug-likeness (QED) is 0.732. The molecule has 1 saturated carbocycles. The molecule has 2 aliphatic rings. The highest BCUT2D eigenvalue weighted by Gasteiger charge is 2.20. The van der Waals surface area contributed by atoms with E-state index in [1.54, 1.807) is 0 Å². The number of benzene rings is 1. The van der Waals surface area contributed by atoms with Crippen molar-refractivity contribution in [2.45, 2.75) is 38.3 Å². The lowest BCUT2D eigenvalue weighted by molar-refractivity contribution is -0.122. The van der Waals surface area contributed by atoms with Crippen LogP contribution < -0.4 is 14.8 Å². The molecule has 3 aromatic rings. The smallest absolute Gasteiger partial charge is 0.274 e. The summed E-state index contributed by atoms with van der Waals surface area (Å²) in [5.41, 5.74) is 1.48. The van der Waals surface area contributed by atoms with Crippen LogP contribution in [0.2, 0.25) is 0 Å². The second kappa shape index (κ2) is 7.03. The van der Waals surface area contributed by atoms with Gasteiger partial charge in [-0.2, -0.15) is 4.98 Å². The Hall–Kier alpha value is -3.29. The van der Waals surface area contributed by atoms with Gasteiger partial charge in [0.25, 0.3) is 5.89 Å². The van der Waals surface area contributed by atoms with Gasteiger partial charge < -0.3 is 23.9 Å². The van der Waals surface area contributed by atoms with Crippen LogP contribution in [0, 0.1) is 0 Å². The molecular formula is C20H20N4O4. The van der Waals surface area contributed by atoms with Crippen LogP contribution in [0.15, 0.2) is 41.1 Å². The highest BCUT2D eigenvalue weighted by Crippen LogP contribution is 2.35. The van der Waals surface area contributed by atoms with Crippen molar-refractivity contribution < 1.29 is 18.8 Å². The van der Waals surface area contributed by atoms with Crippen molar-refractivity contribution in [1.29, 1.82) is 0 Å². The molecule has 144 valence electrons. The molecule has 1 aliphatic carbocycles. The molecule has 8 nitrogen and oxygen atoms in total. The van der Waals surface area contributed by atoms with Gasteiger partial charge in [0.1, 0.15) is 12.2 Å². The predicted octanol–water partition coefficient (Wildman–Crippen LogP) is 2.99. The summed E-state index contributed by atoms with van der Waals surface area (Å²) >= 11 is 0. The Morgan fingerprint density at radius 2 is 2.04 bits per heavy atom. The van der Waals surface area contributed by atoms with Gasteiger partial charge in [0.05, 0.1) is 0 Å². The van der Waals surface area contributed by atoms with Gasteiger partial charge in [-0.3, -0.25) is 4.79 Å². The molecule has 1 aliphatic heterocycles. The molecule has 0 spiro atoms. The minimum Gasteiger partial charge on any atom is -0.454 e. The van der Waals surface area contributed by atoms with E-state index < -0.39 is 0 Å². The third-order valence-electron chi connectivity index (χ3n) is 5.14. The van der Waals surface area contributed by atoms with Crippen LogP contribution in [-0.4, -0.2) is 33.4 Å². The van der Waals surface area contributed by atoms with Crippen molar-refractivity contribution in [2.75, 3.05) is 6.79 Å². The zero-order chi connectivity index (χ0) is 18.9. The van der Waals surface area contributed by atoms with Gasteiger partial charge in [-0.25, -0.2) is 0 Å². The van der Waals surface area contributed by atoms with Crippen molar-refractivity contribution in [2.24, 2.45) is 0 Å². The van der Waals surface area contributed by atoms with E-state index in [0.29, 0.717) is 34.9 Å². The van der Waals surface area contributed by atoms with E-state index in [1.807, 2.05) is 41.1 Å². The number of nitrogens with zero attached hydrogens (tertiary/aromatic N) is 3. The van der Waals surface area contributed by atoms with Crippen molar-refractivity contribution in [3.05, 3.63) is 36.5 Å². The highest BCUT2D eigenvalue weighted by molar-refractivity contribution is 5.77. The number of amides is 1. The van der Waals surface area contributed by atoms with Gasteiger partial charge in [-0.05, 0) is 43.2 Å². The molecular weight excluding hydrogens is 360 g/mol. The molecule has 0 atom stereocenters. The minimum absolute atomic E-state index is 0.000130. The molecule has 1 N–H and O–H groups in total. The molecule has 1 aromatic carbocycles. The highest BCUT2D eigenvalue weighted by atomic mass is 16.7. The van der Waals surface area contributed by atoms with Crippen molar-refractivity contribution in [3.63, 3.8) is 0 Å². The largest absolute Gasteiger partial charge is 0.454 e. The summed E-state index contributed by atoms with van der Waals surface area (Å²) in [5.74, 6) is 2.19.